The third-order valence-electron chi connectivity index (χ3n) is 4.64. The number of para-hydroxylation sites is 1. The standard InChI is InChI=1S/C25H16F4N2O4/c1-34-22-13-15(10-11-21(22)35-24(33)17-6-2-4-8-19(17)26)12-16(14-30)23(32)31-20-9-5-3-7-18(20)25(27,28)29/h2-13H,1H3,(H,31,32)/b16-12+. The fourth-order valence-electron chi connectivity index (χ4n) is 2.98. The Kier molecular flexibility index (Phi) is 7.51. The molecule has 6 nitrogen and oxygen atoms in total. The molecule has 0 aliphatic rings. The SMILES string of the molecule is COc1cc(/C=C(\C#N)C(=O)Nc2ccccc2C(F)(F)F)ccc1OC(=O)c1ccccc1F. The van der Waals surface area contributed by atoms with Gasteiger partial charge in [-0.15, -0.1) is 0 Å². The molecule has 3 rings (SSSR count). The van der Waals surface area contributed by atoms with Crippen LogP contribution < -0.4 is 14.8 Å². The number of halogens is 4. The number of methoxy groups -OCH3 is 1. The molecule has 0 aliphatic carbocycles. The van der Waals surface area contributed by atoms with E-state index >= 15 is 0 Å². The molecule has 1 N–H and O–H groups in total. The van der Waals surface area contributed by atoms with E-state index in [0.717, 1.165) is 24.3 Å². The van der Waals surface area contributed by atoms with Gasteiger partial charge in [-0.1, -0.05) is 30.3 Å². The van der Waals surface area contributed by atoms with Gasteiger partial charge in [0.15, 0.2) is 11.5 Å². The molecule has 0 atom stereocenters. The van der Waals surface area contributed by atoms with E-state index in [9.17, 15) is 32.4 Å². The highest BCUT2D eigenvalue weighted by molar-refractivity contribution is 6.10. The van der Waals surface area contributed by atoms with Gasteiger partial charge in [0, 0.05) is 0 Å². The number of anilines is 1. The van der Waals surface area contributed by atoms with E-state index in [-0.39, 0.29) is 22.6 Å². The Labute approximate surface area is 197 Å². The van der Waals surface area contributed by atoms with Crippen molar-refractivity contribution in [3.8, 4) is 17.6 Å². The lowest BCUT2D eigenvalue weighted by atomic mass is 10.1. The molecule has 0 unspecified atom stereocenters. The molecule has 0 spiro atoms. The van der Waals surface area contributed by atoms with Crippen LogP contribution in [0.4, 0.5) is 23.2 Å². The number of nitrogens with one attached hydrogen (secondary N) is 1. The van der Waals surface area contributed by atoms with Gasteiger partial charge >= 0.3 is 12.1 Å². The van der Waals surface area contributed by atoms with Crippen LogP contribution >= 0.6 is 0 Å². The first-order valence-corrected chi connectivity index (χ1v) is 9.88. The number of esters is 1. The summed E-state index contributed by atoms with van der Waals surface area (Å²) in [5.74, 6) is -2.82. The highest BCUT2D eigenvalue weighted by atomic mass is 19.4. The van der Waals surface area contributed by atoms with Crippen molar-refractivity contribution in [3.05, 3.63) is 94.8 Å². The molecule has 0 bridgehead atoms. The van der Waals surface area contributed by atoms with E-state index in [1.165, 1.54) is 55.6 Å². The number of nitrogens with zero attached hydrogens (tertiary/aromatic N) is 1. The fourth-order valence-corrected chi connectivity index (χ4v) is 2.98. The molecule has 0 saturated heterocycles. The topological polar surface area (TPSA) is 88.4 Å². The van der Waals surface area contributed by atoms with Gasteiger partial charge in [-0.3, -0.25) is 4.79 Å². The van der Waals surface area contributed by atoms with Crippen molar-refractivity contribution < 1.29 is 36.6 Å². The van der Waals surface area contributed by atoms with Gasteiger partial charge in [0.05, 0.1) is 23.9 Å². The van der Waals surface area contributed by atoms with Crippen molar-refractivity contribution in [2.24, 2.45) is 0 Å². The van der Waals surface area contributed by atoms with Gasteiger partial charge in [-0.05, 0) is 48.0 Å². The van der Waals surface area contributed by atoms with Gasteiger partial charge < -0.3 is 14.8 Å². The molecule has 0 aliphatic heterocycles. The highest BCUT2D eigenvalue weighted by Gasteiger charge is 2.33. The predicted octanol–water partition coefficient (Wildman–Crippen LogP) is 5.62. The highest BCUT2D eigenvalue weighted by Crippen LogP contribution is 2.35. The molecule has 3 aromatic carbocycles. The first-order valence-electron chi connectivity index (χ1n) is 9.88. The summed E-state index contributed by atoms with van der Waals surface area (Å²) in [4.78, 5) is 24.7. The summed E-state index contributed by atoms with van der Waals surface area (Å²) < 4.78 is 63.7. The second-order valence-corrected chi connectivity index (χ2v) is 6.95. The molecule has 3 aromatic rings. The Morgan fingerprint density at radius 1 is 1.00 bits per heavy atom. The van der Waals surface area contributed by atoms with Crippen molar-refractivity contribution in [1.82, 2.24) is 0 Å². The molecule has 0 aromatic heterocycles. The molecule has 0 saturated carbocycles. The maximum absolute atomic E-state index is 13.8. The van der Waals surface area contributed by atoms with Crippen LogP contribution in [0.5, 0.6) is 11.5 Å². The van der Waals surface area contributed by atoms with Crippen molar-refractivity contribution in [2.75, 3.05) is 12.4 Å². The second kappa shape index (κ2) is 10.5. The fraction of sp³-hybridized carbons (Fsp3) is 0.0800. The summed E-state index contributed by atoms with van der Waals surface area (Å²) in [6.45, 7) is 0. The Morgan fingerprint density at radius 3 is 2.34 bits per heavy atom. The number of carbonyl (C=O) groups is 2. The predicted molar refractivity (Wildman–Crippen MR) is 118 cm³/mol. The van der Waals surface area contributed by atoms with E-state index in [1.54, 1.807) is 6.07 Å². The van der Waals surface area contributed by atoms with Gasteiger partial charge in [-0.25, -0.2) is 9.18 Å². The maximum Gasteiger partial charge on any atom is 0.418 e. The first-order chi connectivity index (χ1) is 16.6. The molecular formula is C25H16F4N2O4. The number of alkyl halides is 3. The minimum atomic E-state index is -4.70. The summed E-state index contributed by atoms with van der Waals surface area (Å²) in [5, 5.41) is 11.5. The van der Waals surface area contributed by atoms with Crippen LogP contribution in [0.3, 0.4) is 0 Å². The lowest BCUT2D eigenvalue weighted by Crippen LogP contribution is -2.17. The van der Waals surface area contributed by atoms with E-state index in [4.69, 9.17) is 9.47 Å². The number of rotatable bonds is 6. The molecule has 10 heteroatoms. The maximum atomic E-state index is 13.8. The van der Waals surface area contributed by atoms with Crippen LogP contribution in [-0.4, -0.2) is 19.0 Å². The number of nitriles is 1. The monoisotopic (exact) mass is 484 g/mol. The summed E-state index contributed by atoms with van der Waals surface area (Å²) in [6, 6.07) is 15.2. The number of hydrogen-bond acceptors (Lipinski definition) is 5. The Morgan fingerprint density at radius 2 is 1.69 bits per heavy atom. The zero-order valence-corrected chi connectivity index (χ0v) is 18.0. The Hall–Kier alpha value is -4.65. The smallest absolute Gasteiger partial charge is 0.418 e. The molecule has 0 fully saturated rings. The van der Waals surface area contributed by atoms with E-state index in [2.05, 4.69) is 5.32 Å². The van der Waals surface area contributed by atoms with Crippen LogP contribution in [0.2, 0.25) is 0 Å². The zero-order chi connectivity index (χ0) is 25.6. The largest absolute Gasteiger partial charge is 0.493 e. The van der Waals surface area contributed by atoms with E-state index in [1.807, 2.05) is 0 Å². The van der Waals surface area contributed by atoms with Crippen LogP contribution in [0.15, 0.2) is 72.3 Å². The van der Waals surface area contributed by atoms with Crippen LogP contribution in [0, 0.1) is 17.1 Å². The van der Waals surface area contributed by atoms with E-state index in [0.29, 0.717) is 0 Å². The second-order valence-electron chi connectivity index (χ2n) is 6.95. The van der Waals surface area contributed by atoms with Gasteiger partial charge in [-0.2, -0.15) is 18.4 Å². The third kappa shape index (κ3) is 6.03. The number of ether oxygens (including phenoxy) is 2. The molecule has 0 heterocycles. The zero-order valence-electron chi connectivity index (χ0n) is 18.0. The summed E-state index contributed by atoms with van der Waals surface area (Å²) >= 11 is 0. The van der Waals surface area contributed by atoms with Gasteiger partial charge in [0.2, 0.25) is 0 Å². The van der Waals surface area contributed by atoms with Crippen molar-refractivity contribution in [3.63, 3.8) is 0 Å². The first kappa shape index (κ1) is 25.0. The lowest BCUT2D eigenvalue weighted by molar-refractivity contribution is -0.137. The summed E-state index contributed by atoms with van der Waals surface area (Å²) in [6.07, 6.45) is -3.58. The van der Waals surface area contributed by atoms with Crippen molar-refractivity contribution in [2.45, 2.75) is 6.18 Å². The lowest BCUT2D eigenvalue weighted by Gasteiger charge is -2.13. The molecule has 35 heavy (non-hydrogen) atoms. The van der Waals surface area contributed by atoms with Crippen molar-refractivity contribution >= 4 is 23.6 Å². The summed E-state index contributed by atoms with van der Waals surface area (Å²) in [7, 11) is 1.27. The average molecular weight is 484 g/mol. The molecular weight excluding hydrogens is 468 g/mol. The van der Waals surface area contributed by atoms with E-state index < -0.39 is 40.7 Å². The third-order valence-corrected chi connectivity index (χ3v) is 4.64. The normalized spacial score (nSPS) is 11.4. The average Bonchev–Trinajstić information content (AvgIpc) is 2.83. The molecule has 0 radical (unpaired) electrons. The Balaban J connectivity index is 1.84. The number of amides is 1. The quantitative estimate of drug-likeness (QED) is 0.161. The molecule has 178 valence electrons. The molecule has 1 amide bonds. The minimum Gasteiger partial charge on any atom is -0.493 e. The summed E-state index contributed by atoms with van der Waals surface area (Å²) in [5.41, 5.74) is -2.09. The van der Waals surface area contributed by atoms with Crippen LogP contribution in [0.1, 0.15) is 21.5 Å². The van der Waals surface area contributed by atoms with Crippen molar-refractivity contribution in [1.29, 1.82) is 5.26 Å². The van der Waals surface area contributed by atoms with Gasteiger partial charge in [0.1, 0.15) is 17.5 Å². The number of benzene rings is 3. The number of carbonyl (C=O) groups excluding carboxylic acids is 2. The number of hydrogen-bond donors (Lipinski definition) is 1. The van der Waals surface area contributed by atoms with Crippen LogP contribution in [0.25, 0.3) is 6.08 Å². The van der Waals surface area contributed by atoms with Crippen LogP contribution in [-0.2, 0) is 11.0 Å². The van der Waals surface area contributed by atoms with Gasteiger partial charge in [0.25, 0.3) is 5.91 Å². The Bertz CT molecular complexity index is 1340. The minimum absolute atomic E-state index is 0.0311.